The quantitative estimate of drug-likeness (QED) is 0.805. The van der Waals surface area contributed by atoms with E-state index in [0.29, 0.717) is 10.6 Å². The number of halogens is 1. The molecule has 0 fully saturated rings. The SMILES string of the molecule is C[C@H](CC(=O)O)CC(=O)c1ccc(Cl)cc1. The number of carboxylic acid groups (broad SMARTS) is 1. The van der Waals surface area contributed by atoms with E-state index in [4.69, 9.17) is 16.7 Å². The fourth-order valence-electron chi connectivity index (χ4n) is 1.44. The van der Waals surface area contributed by atoms with Gasteiger partial charge in [0.15, 0.2) is 5.78 Å². The van der Waals surface area contributed by atoms with Crippen molar-refractivity contribution in [3.63, 3.8) is 0 Å². The van der Waals surface area contributed by atoms with Crippen LogP contribution in [0.1, 0.15) is 30.1 Å². The molecule has 1 atom stereocenters. The minimum Gasteiger partial charge on any atom is -0.481 e. The minimum atomic E-state index is -0.878. The molecule has 0 bridgehead atoms. The molecule has 0 unspecified atom stereocenters. The van der Waals surface area contributed by atoms with Crippen molar-refractivity contribution in [2.45, 2.75) is 19.8 Å². The van der Waals surface area contributed by atoms with Crippen LogP contribution in [0, 0.1) is 5.92 Å². The van der Waals surface area contributed by atoms with Crippen molar-refractivity contribution in [3.05, 3.63) is 34.9 Å². The lowest BCUT2D eigenvalue weighted by atomic mass is 9.97. The molecule has 0 aliphatic heterocycles. The minimum absolute atomic E-state index is 0.0132. The number of rotatable bonds is 5. The Morgan fingerprint density at radius 1 is 1.25 bits per heavy atom. The maximum atomic E-state index is 11.7. The third kappa shape index (κ3) is 4.03. The van der Waals surface area contributed by atoms with Crippen molar-refractivity contribution in [1.82, 2.24) is 0 Å². The first-order valence-corrected chi connectivity index (χ1v) is 5.37. The summed E-state index contributed by atoms with van der Waals surface area (Å²) in [4.78, 5) is 22.2. The average Bonchev–Trinajstić information content (AvgIpc) is 2.16. The number of ketones is 1. The summed E-state index contributed by atoms with van der Waals surface area (Å²) >= 11 is 5.70. The van der Waals surface area contributed by atoms with E-state index in [-0.39, 0.29) is 24.5 Å². The summed E-state index contributed by atoms with van der Waals surface area (Å²) in [6.45, 7) is 1.75. The zero-order valence-electron chi connectivity index (χ0n) is 8.94. The fraction of sp³-hybridized carbons (Fsp3) is 0.333. The Morgan fingerprint density at radius 2 is 1.81 bits per heavy atom. The summed E-state index contributed by atoms with van der Waals surface area (Å²) in [5, 5.41) is 9.15. The highest BCUT2D eigenvalue weighted by molar-refractivity contribution is 6.30. The first kappa shape index (κ1) is 12.7. The molecular formula is C12H13ClO3. The van der Waals surface area contributed by atoms with Crippen LogP contribution in [0.3, 0.4) is 0 Å². The van der Waals surface area contributed by atoms with Gasteiger partial charge in [-0.25, -0.2) is 0 Å². The van der Waals surface area contributed by atoms with Crippen molar-refractivity contribution < 1.29 is 14.7 Å². The number of hydrogen-bond donors (Lipinski definition) is 1. The standard InChI is InChI=1S/C12H13ClO3/c1-8(7-12(15)16)6-11(14)9-2-4-10(13)5-3-9/h2-5,8H,6-7H2,1H3,(H,15,16)/t8-/m0/s1. The predicted octanol–water partition coefficient (Wildman–Crippen LogP) is 3.02. The number of carbonyl (C=O) groups excluding carboxylic acids is 1. The Balaban J connectivity index is 2.58. The van der Waals surface area contributed by atoms with Gasteiger partial charge < -0.3 is 5.11 Å². The van der Waals surface area contributed by atoms with Gasteiger partial charge in [-0.1, -0.05) is 18.5 Å². The Kier molecular flexibility index (Phi) is 4.50. The molecule has 0 saturated heterocycles. The summed E-state index contributed by atoms with van der Waals surface area (Å²) in [7, 11) is 0. The summed E-state index contributed by atoms with van der Waals surface area (Å²) in [6.07, 6.45) is 0.257. The monoisotopic (exact) mass is 240 g/mol. The van der Waals surface area contributed by atoms with Crippen molar-refractivity contribution in [3.8, 4) is 0 Å². The normalized spacial score (nSPS) is 12.1. The third-order valence-electron chi connectivity index (χ3n) is 2.22. The van der Waals surface area contributed by atoms with Crippen LogP contribution in [0.15, 0.2) is 24.3 Å². The third-order valence-corrected chi connectivity index (χ3v) is 2.48. The highest BCUT2D eigenvalue weighted by Crippen LogP contribution is 2.15. The summed E-state index contributed by atoms with van der Waals surface area (Å²) < 4.78 is 0. The number of carbonyl (C=O) groups is 2. The van der Waals surface area contributed by atoms with E-state index in [0.717, 1.165) is 0 Å². The van der Waals surface area contributed by atoms with E-state index >= 15 is 0 Å². The second kappa shape index (κ2) is 5.66. The molecule has 0 heterocycles. The Hall–Kier alpha value is -1.35. The number of benzene rings is 1. The molecule has 0 aliphatic rings. The molecule has 1 aromatic carbocycles. The summed E-state index contributed by atoms with van der Waals surface area (Å²) in [6, 6.07) is 6.60. The van der Waals surface area contributed by atoms with Gasteiger partial charge in [-0.3, -0.25) is 9.59 Å². The van der Waals surface area contributed by atoms with E-state index in [1.54, 1.807) is 31.2 Å². The highest BCUT2D eigenvalue weighted by atomic mass is 35.5. The molecule has 1 N–H and O–H groups in total. The number of aliphatic carboxylic acids is 1. The highest BCUT2D eigenvalue weighted by Gasteiger charge is 2.13. The van der Waals surface area contributed by atoms with Gasteiger partial charge in [0.25, 0.3) is 0 Å². The van der Waals surface area contributed by atoms with Gasteiger partial charge >= 0.3 is 5.97 Å². The first-order chi connectivity index (χ1) is 7.49. The van der Waals surface area contributed by atoms with Crippen LogP contribution in [-0.2, 0) is 4.79 Å². The zero-order chi connectivity index (χ0) is 12.1. The van der Waals surface area contributed by atoms with E-state index in [9.17, 15) is 9.59 Å². The van der Waals surface area contributed by atoms with Crippen LogP contribution in [-0.4, -0.2) is 16.9 Å². The van der Waals surface area contributed by atoms with E-state index in [1.807, 2.05) is 0 Å². The van der Waals surface area contributed by atoms with Crippen molar-refractivity contribution in [2.24, 2.45) is 5.92 Å². The van der Waals surface area contributed by atoms with Gasteiger partial charge in [-0.2, -0.15) is 0 Å². The maximum absolute atomic E-state index is 11.7. The van der Waals surface area contributed by atoms with E-state index < -0.39 is 5.97 Å². The molecule has 0 amide bonds. The number of hydrogen-bond acceptors (Lipinski definition) is 2. The van der Waals surface area contributed by atoms with E-state index in [2.05, 4.69) is 0 Å². The summed E-state index contributed by atoms with van der Waals surface area (Å²) in [5.41, 5.74) is 0.571. The Bertz CT molecular complexity index is 384. The molecule has 0 aliphatic carbocycles. The van der Waals surface area contributed by atoms with Crippen molar-refractivity contribution >= 4 is 23.4 Å². The van der Waals surface area contributed by atoms with Crippen LogP contribution in [0.2, 0.25) is 5.02 Å². The molecule has 4 heteroatoms. The first-order valence-electron chi connectivity index (χ1n) is 4.99. The molecule has 0 spiro atoms. The zero-order valence-corrected chi connectivity index (χ0v) is 9.70. The second-order valence-electron chi connectivity index (χ2n) is 3.84. The van der Waals surface area contributed by atoms with Crippen LogP contribution < -0.4 is 0 Å². The maximum Gasteiger partial charge on any atom is 0.303 e. The van der Waals surface area contributed by atoms with Gasteiger partial charge in [0.1, 0.15) is 0 Å². The van der Waals surface area contributed by atoms with Crippen molar-refractivity contribution in [1.29, 1.82) is 0 Å². The molecule has 1 rings (SSSR count). The lowest BCUT2D eigenvalue weighted by molar-refractivity contribution is -0.137. The number of Topliss-reactive ketones (excluding diaryl/α,β-unsaturated/α-hetero) is 1. The predicted molar refractivity (Wildman–Crippen MR) is 61.8 cm³/mol. The summed E-state index contributed by atoms with van der Waals surface area (Å²) in [5.74, 6) is -1.08. The van der Waals surface area contributed by atoms with Gasteiger partial charge in [-0.15, -0.1) is 0 Å². The van der Waals surface area contributed by atoms with Crippen LogP contribution in [0.4, 0.5) is 0 Å². The molecule has 1 aromatic rings. The van der Waals surface area contributed by atoms with Crippen LogP contribution in [0.25, 0.3) is 0 Å². The Labute approximate surface area is 99.0 Å². The van der Waals surface area contributed by atoms with Gasteiger partial charge in [0.2, 0.25) is 0 Å². The largest absolute Gasteiger partial charge is 0.481 e. The lowest BCUT2D eigenvalue weighted by Gasteiger charge is -2.07. The smallest absolute Gasteiger partial charge is 0.303 e. The molecule has 16 heavy (non-hydrogen) atoms. The van der Waals surface area contributed by atoms with E-state index in [1.165, 1.54) is 0 Å². The van der Waals surface area contributed by atoms with Crippen LogP contribution >= 0.6 is 11.6 Å². The molecule has 3 nitrogen and oxygen atoms in total. The molecule has 0 aromatic heterocycles. The van der Waals surface area contributed by atoms with Crippen LogP contribution in [0.5, 0.6) is 0 Å². The topological polar surface area (TPSA) is 54.4 Å². The molecule has 0 radical (unpaired) electrons. The fourth-order valence-corrected chi connectivity index (χ4v) is 1.57. The van der Waals surface area contributed by atoms with Gasteiger partial charge in [-0.05, 0) is 30.2 Å². The average molecular weight is 241 g/mol. The molecule has 0 saturated carbocycles. The molecular weight excluding hydrogens is 228 g/mol. The Morgan fingerprint density at radius 3 is 2.31 bits per heavy atom. The van der Waals surface area contributed by atoms with Gasteiger partial charge in [0.05, 0.1) is 0 Å². The van der Waals surface area contributed by atoms with Gasteiger partial charge in [0, 0.05) is 23.4 Å². The molecule has 86 valence electrons. The second-order valence-corrected chi connectivity index (χ2v) is 4.27. The number of carboxylic acids is 1. The van der Waals surface area contributed by atoms with Crippen molar-refractivity contribution in [2.75, 3.05) is 0 Å². The lowest BCUT2D eigenvalue weighted by Crippen LogP contribution is -2.10.